The first-order valence-corrected chi connectivity index (χ1v) is 6.51. The van der Waals surface area contributed by atoms with Gasteiger partial charge in [-0.3, -0.25) is 11.3 Å². The highest BCUT2D eigenvalue weighted by atomic mass is 19.1. The molecule has 1 aromatic carbocycles. The van der Waals surface area contributed by atoms with Crippen LogP contribution in [0.1, 0.15) is 36.9 Å². The minimum absolute atomic E-state index is 0.0282. The van der Waals surface area contributed by atoms with Crippen molar-refractivity contribution < 1.29 is 9.13 Å². The Hall–Kier alpha value is -0.970. The molecule has 1 aromatic rings. The lowest BCUT2D eigenvalue weighted by molar-refractivity contribution is 0.0183. The van der Waals surface area contributed by atoms with E-state index in [-0.39, 0.29) is 18.0 Å². The van der Waals surface area contributed by atoms with Gasteiger partial charge in [-0.1, -0.05) is 6.07 Å². The maximum atomic E-state index is 13.4. The topological polar surface area (TPSA) is 47.3 Å². The number of nitrogens with one attached hydrogen (secondary N) is 1. The van der Waals surface area contributed by atoms with Gasteiger partial charge in [0.1, 0.15) is 5.82 Å². The minimum atomic E-state index is -0.234. The number of nitrogens with two attached hydrogens (primary N) is 1. The van der Waals surface area contributed by atoms with Gasteiger partial charge in [0.15, 0.2) is 0 Å². The van der Waals surface area contributed by atoms with Gasteiger partial charge in [0.25, 0.3) is 0 Å². The largest absolute Gasteiger partial charge is 0.376 e. The molecule has 0 aliphatic heterocycles. The summed E-state index contributed by atoms with van der Waals surface area (Å²) in [6.07, 6.45) is 2.36. The number of hydrogen-bond donors (Lipinski definition) is 2. The zero-order valence-electron chi connectivity index (χ0n) is 10.9. The van der Waals surface area contributed by atoms with Crippen molar-refractivity contribution in [3.8, 4) is 0 Å². The Balaban J connectivity index is 2.27. The summed E-state index contributed by atoms with van der Waals surface area (Å²) >= 11 is 0. The maximum Gasteiger partial charge on any atom is 0.123 e. The molecule has 18 heavy (non-hydrogen) atoms. The Morgan fingerprint density at radius 2 is 2.22 bits per heavy atom. The van der Waals surface area contributed by atoms with Crippen molar-refractivity contribution in [3.05, 3.63) is 35.1 Å². The molecule has 0 amide bonds. The van der Waals surface area contributed by atoms with E-state index in [0.717, 1.165) is 24.0 Å². The summed E-state index contributed by atoms with van der Waals surface area (Å²) in [5, 5.41) is 0. The molecule has 1 fully saturated rings. The van der Waals surface area contributed by atoms with Crippen LogP contribution in [0.3, 0.4) is 0 Å². The first-order chi connectivity index (χ1) is 8.67. The van der Waals surface area contributed by atoms with Crippen LogP contribution in [0.25, 0.3) is 0 Å². The van der Waals surface area contributed by atoms with E-state index >= 15 is 0 Å². The van der Waals surface area contributed by atoms with E-state index in [4.69, 9.17) is 10.6 Å². The molecule has 1 aliphatic carbocycles. The molecule has 4 heteroatoms. The molecule has 3 N–H and O–H groups in total. The third kappa shape index (κ3) is 2.88. The van der Waals surface area contributed by atoms with Crippen LogP contribution in [0.2, 0.25) is 0 Å². The Labute approximate surface area is 107 Å². The lowest BCUT2D eigenvalue weighted by atomic mass is 9.94. The van der Waals surface area contributed by atoms with Gasteiger partial charge in [0.05, 0.1) is 12.1 Å². The molecule has 0 spiro atoms. The van der Waals surface area contributed by atoms with Crippen molar-refractivity contribution in [2.45, 2.75) is 38.8 Å². The zero-order valence-corrected chi connectivity index (χ0v) is 10.9. The quantitative estimate of drug-likeness (QED) is 0.604. The van der Waals surface area contributed by atoms with E-state index < -0.39 is 0 Å². The van der Waals surface area contributed by atoms with Gasteiger partial charge in [0, 0.05) is 6.61 Å². The number of aryl methyl sites for hydroxylation is 1. The van der Waals surface area contributed by atoms with Crippen LogP contribution in [-0.2, 0) is 4.74 Å². The lowest BCUT2D eigenvalue weighted by Crippen LogP contribution is -2.39. The van der Waals surface area contributed by atoms with Gasteiger partial charge in [-0.15, -0.1) is 0 Å². The van der Waals surface area contributed by atoms with E-state index in [1.165, 1.54) is 6.07 Å². The number of hydrazine groups is 1. The molecule has 2 atom stereocenters. The molecule has 100 valence electrons. The fourth-order valence-corrected chi connectivity index (χ4v) is 2.43. The summed E-state index contributed by atoms with van der Waals surface area (Å²) in [5.74, 6) is 5.97. The van der Waals surface area contributed by atoms with Crippen molar-refractivity contribution in [2.75, 3.05) is 6.61 Å². The second-order valence-electron chi connectivity index (χ2n) is 4.90. The highest BCUT2D eigenvalue weighted by Crippen LogP contribution is 2.40. The fraction of sp³-hybridized carbons (Fsp3) is 0.571. The number of ether oxygens (including phenoxy) is 1. The van der Waals surface area contributed by atoms with Crippen LogP contribution in [0, 0.1) is 18.7 Å². The van der Waals surface area contributed by atoms with E-state index in [1.807, 2.05) is 13.8 Å². The predicted molar refractivity (Wildman–Crippen MR) is 69.3 cm³/mol. The Morgan fingerprint density at radius 3 is 2.78 bits per heavy atom. The summed E-state index contributed by atoms with van der Waals surface area (Å²) < 4.78 is 19.2. The molecule has 2 rings (SSSR count). The molecule has 1 aliphatic rings. The molecule has 0 radical (unpaired) electrons. The second kappa shape index (κ2) is 5.78. The van der Waals surface area contributed by atoms with Crippen LogP contribution >= 0.6 is 0 Å². The van der Waals surface area contributed by atoms with Gasteiger partial charge in [-0.05, 0) is 55.9 Å². The second-order valence-corrected chi connectivity index (χ2v) is 4.90. The highest BCUT2D eigenvalue weighted by molar-refractivity contribution is 5.30. The van der Waals surface area contributed by atoms with Crippen molar-refractivity contribution in [3.63, 3.8) is 0 Å². The average Bonchev–Trinajstić information content (AvgIpc) is 3.17. The van der Waals surface area contributed by atoms with Gasteiger partial charge in [-0.25, -0.2) is 4.39 Å². The van der Waals surface area contributed by atoms with Crippen LogP contribution in [0.5, 0.6) is 0 Å². The monoisotopic (exact) mass is 252 g/mol. The predicted octanol–water partition coefficient (Wildman–Crippen LogP) is 2.45. The summed E-state index contributed by atoms with van der Waals surface area (Å²) in [4.78, 5) is 0. The molecule has 0 heterocycles. The van der Waals surface area contributed by atoms with Crippen LogP contribution in [0.15, 0.2) is 18.2 Å². The molecule has 1 saturated carbocycles. The van der Waals surface area contributed by atoms with Gasteiger partial charge < -0.3 is 4.74 Å². The van der Waals surface area contributed by atoms with Crippen molar-refractivity contribution in [1.82, 2.24) is 5.43 Å². The first-order valence-electron chi connectivity index (χ1n) is 6.51. The normalized spacial score (nSPS) is 18.7. The van der Waals surface area contributed by atoms with Crippen LogP contribution in [0.4, 0.5) is 4.39 Å². The number of hydrogen-bond acceptors (Lipinski definition) is 3. The van der Waals surface area contributed by atoms with Gasteiger partial charge in [0.2, 0.25) is 0 Å². The first kappa shape index (κ1) is 13.5. The number of benzene rings is 1. The summed E-state index contributed by atoms with van der Waals surface area (Å²) in [7, 11) is 0. The number of halogens is 1. The average molecular weight is 252 g/mol. The highest BCUT2D eigenvalue weighted by Gasteiger charge is 2.38. The SMILES string of the molecule is CCOC(C1CC1)C(NN)c1cc(F)ccc1C. The third-order valence-electron chi connectivity index (χ3n) is 3.53. The fourth-order valence-electron chi connectivity index (χ4n) is 2.43. The smallest absolute Gasteiger partial charge is 0.123 e. The van der Waals surface area contributed by atoms with E-state index in [0.29, 0.717) is 12.5 Å². The molecule has 0 saturated heterocycles. The van der Waals surface area contributed by atoms with Crippen LogP contribution in [-0.4, -0.2) is 12.7 Å². The summed E-state index contributed by atoms with van der Waals surface area (Å²) in [6, 6.07) is 4.66. The molecule has 3 nitrogen and oxygen atoms in total. The lowest BCUT2D eigenvalue weighted by Gasteiger charge is -2.28. The summed E-state index contributed by atoms with van der Waals surface area (Å²) in [5.41, 5.74) is 4.72. The van der Waals surface area contributed by atoms with Gasteiger partial charge in [-0.2, -0.15) is 0 Å². The molecular weight excluding hydrogens is 231 g/mol. The molecule has 2 unspecified atom stereocenters. The molecule has 0 bridgehead atoms. The Morgan fingerprint density at radius 1 is 1.50 bits per heavy atom. The van der Waals surface area contributed by atoms with Crippen molar-refractivity contribution in [1.29, 1.82) is 0 Å². The minimum Gasteiger partial charge on any atom is -0.376 e. The molecular formula is C14H21FN2O. The standard InChI is InChI=1S/C14H21FN2O/c1-3-18-14(10-5-6-10)13(17-16)12-8-11(15)7-4-9(12)2/h4,7-8,10,13-14,17H,3,5-6,16H2,1-2H3. The van der Waals surface area contributed by atoms with Crippen LogP contribution < -0.4 is 11.3 Å². The number of rotatable bonds is 6. The van der Waals surface area contributed by atoms with Gasteiger partial charge >= 0.3 is 0 Å². The molecule has 0 aromatic heterocycles. The summed E-state index contributed by atoms with van der Waals surface area (Å²) in [6.45, 7) is 4.59. The maximum absolute atomic E-state index is 13.4. The van der Waals surface area contributed by atoms with Crippen molar-refractivity contribution in [2.24, 2.45) is 11.8 Å². The van der Waals surface area contributed by atoms with Crippen molar-refractivity contribution >= 4 is 0 Å². The Bertz CT molecular complexity index is 407. The van der Waals surface area contributed by atoms with E-state index in [9.17, 15) is 4.39 Å². The van der Waals surface area contributed by atoms with E-state index in [2.05, 4.69) is 5.43 Å². The zero-order chi connectivity index (χ0) is 13.1. The van der Waals surface area contributed by atoms with E-state index in [1.54, 1.807) is 12.1 Å². The third-order valence-corrected chi connectivity index (χ3v) is 3.53. The Kier molecular flexibility index (Phi) is 4.32.